The molecule has 26 heavy (non-hydrogen) atoms. The third-order valence-corrected chi connectivity index (χ3v) is 3.90. The first-order valence-corrected chi connectivity index (χ1v) is 8.18. The summed E-state index contributed by atoms with van der Waals surface area (Å²) in [5.41, 5.74) is 7.87. The van der Waals surface area contributed by atoms with Crippen LogP contribution in [0.4, 0.5) is 5.69 Å². The van der Waals surface area contributed by atoms with Gasteiger partial charge in [-0.3, -0.25) is 10.4 Å². The first-order chi connectivity index (χ1) is 12.9. The van der Waals surface area contributed by atoms with Crippen molar-refractivity contribution < 1.29 is 4.42 Å². The number of hydrazone groups is 1. The summed E-state index contributed by atoms with van der Waals surface area (Å²) in [6.45, 7) is 0. The normalized spacial score (nSPS) is 11.3. The van der Waals surface area contributed by atoms with Crippen LogP contribution in [0.2, 0.25) is 0 Å². The zero-order valence-electron chi connectivity index (χ0n) is 13.9. The zero-order valence-corrected chi connectivity index (χ0v) is 13.9. The number of nitrogens with zero attached hydrogens (tertiary/aromatic N) is 3. The van der Waals surface area contributed by atoms with Crippen molar-refractivity contribution in [2.24, 2.45) is 5.10 Å². The third-order valence-electron chi connectivity index (χ3n) is 3.90. The second kappa shape index (κ2) is 7.44. The number of benzene rings is 2. The minimum atomic E-state index is 0.738. The highest BCUT2D eigenvalue weighted by Gasteiger charge is 2.07. The quantitative estimate of drug-likeness (QED) is 0.426. The lowest BCUT2D eigenvalue weighted by atomic mass is 10.0. The fourth-order valence-corrected chi connectivity index (χ4v) is 2.59. The molecule has 0 fully saturated rings. The number of aromatic nitrogens is 2. The lowest BCUT2D eigenvalue weighted by Crippen LogP contribution is -2.06. The van der Waals surface area contributed by atoms with Crippen LogP contribution in [0.15, 0.2) is 101 Å². The van der Waals surface area contributed by atoms with E-state index in [9.17, 15) is 0 Å². The number of oxazole rings is 1. The summed E-state index contributed by atoms with van der Waals surface area (Å²) in [6, 6.07) is 21.8. The van der Waals surface area contributed by atoms with Crippen LogP contribution >= 0.6 is 0 Å². The Bertz CT molecular complexity index is 938. The average Bonchev–Trinajstić information content (AvgIpc) is 3.25. The average molecular weight is 340 g/mol. The summed E-state index contributed by atoms with van der Waals surface area (Å²) >= 11 is 0. The smallest absolute Gasteiger partial charge is 0.181 e. The van der Waals surface area contributed by atoms with Gasteiger partial charge in [-0.15, -0.1) is 0 Å². The predicted octanol–water partition coefficient (Wildman–Crippen LogP) is 4.60. The summed E-state index contributed by atoms with van der Waals surface area (Å²) < 4.78 is 5.31. The maximum absolute atomic E-state index is 5.31. The molecule has 5 heteroatoms. The van der Waals surface area contributed by atoms with Gasteiger partial charge in [0.1, 0.15) is 0 Å². The molecular weight excluding hydrogens is 324 g/mol. The highest BCUT2D eigenvalue weighted by molar-refractivity contribution is 6.13. The molecule has 4 aromatic rings. The van der Waals surface area contributed by atoms with Crippen molar-refractivity contribution in [1.29, 1.82) is 0 Å². The van der Waals surface area contributed by atoms with Crippen molar-refractivity contribution in [1.82, 2.24) is 9.97 Å². The van der Waals surface area contributed by atoms with Crippen LogP contribution in [-0.4, -0.2) is 15.7 Å². The number of pyridine rings is 1. The highest BCUT2D eigenvalue weighted by Crippen LogP contribution is 2.21. The van der Waals surface area contributed by atoms with Crippen LogP contribution < -0.4 is 5.43 Å². The lowest BCUT2D eigenvalue weighted by molar-refractivity contribution is 0.572. The molecule has 2 heterocycles. The van der Waals surface area contributed by atoms with Crippen molar-refractivity contribution >= 4 is 11.4 Å². The standard InChI is InChI=1S/C21H16N4O/c1-2-4-17(5-3-1)21(18-10-12-22-13-11-18)25-24-19-8-6-16(7-9-19)20-14-23-15-26-20/h1-15,24H/b25-21-. The largest absolute Gasteiger partial charge is 0.444 e. The first-order valence-electron chi connectivity index (χ1n) is 8.18. The van der Waals surface area contributed by atoms with Crippen LogP contribution in [0.3, 0.4) is 0 Å². The van der Waals surface area contributed by atoms with E-state index in [1.165, 1.54) is 6.39 Å². The number of rotatable bonds is 5. The fourth-order valence-electron chi connectivity index (χ4n) is 2.59. The van der Waals surface area contributed by atoms with E-state index in [2.05, 4.69) is 20.5 Å². The molecule has 0 aliphatic carbocycles. The lowest BCUT2D eigenvalue weighted by Gasteiger charge is -2.08. The monoisotopic (exact) mass is 340 g/mol. The van der Waals surface area contributed by atoms with Gasteiger partial charge >= 0.3 is 0 Å². The van der Waals surface area contributed by atoms with Crippen molar-refractivity contribution in [2.45, 2.75) is 0 Å². The molecule has 4 rings (SSSR count). The van der Waals surface area contributed by atoms with E-state index in [0.717, 1.165) is 33.8 Å². The van der Waals surface area contributed by atoms with Gasteiger partial charge in [0.25, 0.3) is 0 Å². The minimum absolute atomic E-state index is 0.738. The van der Waals surface area contributed by atoms with E-state index in [-0.39, 0.29) is 0 Å². The minimum Gasteiger partial charge on any atom is -0.444 e. The Morgan fingerprint density at radius 2 is 1.54 bits per heavy atom. The maximum atomic E-state index is 5.31. The molecule has 126 valence electrons. The van der Waals surface area contributed by atoms with Gasteiger partial charge in [0, 0.05) is 29.1 Å². The van der Waals surface area contributed by atoms with Crippen LogP contribution in [0.25, 0.3) is 11.3 Å². The van der Waals surface area contributed by atoms with Crippen molar-refractivity contribution in [2.75, 3.05) is 5.43 Å². The number of hydrogen-bond acceptors (Lipinski definition) is 5. The summed E-state index contributed by atoms with van der Waals surface area (Å²) in [4.78, 5) is 8.02. The van der Waals surface area contributed by atoms with Gasteiger partial charge in [-0.25, -0.2) is 4.98 Å². The van der Waals surface area contributed by atoms with Crippen LogP contribution in [-0.2, 0) is 0 Å². The van der Waals surface area contributed by atoms with E-state index in [0.29, 0.717) is 0 Å². The third kappa shape index (κ3) is 3.52. The molecule has 5 nitrogen and oxygen atoms in total. The molecule has 0 aliphatic rings. The SMILES string of the molecule is c1ccc(/C(=N/Nc2ccc(-c3cnco3)cc2)c2ccncc2)cc1. The Morgan fingerprint density at radius 3 is 2.23 bits per heavy atom. The summed E-state index contributed by atoms with van der Waals surface area (Å²) in [7, 11) is 0. The van der Waals surface area contributed by atoms with Crippen molar-refractivity contribution in [3.05, 3.63) is 103 Å². The van der Waals surface area contributed by atoms with E-state index in [1.54, 1.807) is 18.6 Å². The van der Waals surface area contributed by atoms with Crippen LogP contribution in [0, 0.1) is 0 Å². The maximum Gasteiger partial charge on any atom is 0.181 e. The number of hydrogen-bond donors (Lipinski definition) is 1. The molecule has 0 atom stereocenters. The molecule has 0 bridgehead atoms. The molecule has 0 saturated heterocycles. The van der Waals surface area contributed by atoms with Gasteiger partial charge in [-0.1, -0.05) is 30.3 Å². The van der Waals surface area contributed by atoms with Gasteiger partial charge in [0.05, 0.1) is 17.6 Å². The van der Waals surface area contributed by atoms with Gasteiger partial charge < -0.3 is 4.42 Å². The van der Waals surface area contributed by atoms with E-state index in [4.69, 9.17) is 4.42 Å². The fraction of sp³-hybridized carbons (Fsp3) is 0. The van der Waals surface area contributed by atoms with E-state index >= 15 is 0 Å². The highest BCUT2D eigenvalue weighted by atomic mass is 16.3. The molecular formula is C21H16N4O. The molecule has 2 aromatic carbocycles. The topological polar surface area (TPSA) is 63.3 Å². The Hall–Kier alpha value is -3.73. The molecule has 0 aliphatic heterocycles. The van der Waals surface area contributed by atoms with Gasteiger partial charge in [-0.2, -0.15) is 5.10 Å². The first kappa shape index (κ1) is 15.8. The van der Waals surface area contributed by atoms with E-state index in [1.807, 2.05) is 66.7 Å². The van der Waals surface area contributed by atoms with Crippen LogP contribution in [0.5, 0.6) is 0 Å². The molecule has 0 amide bonds. The summed E-state index contributed by atoms with van der Waals surface area (Å²) in [6.07, 6.45) is 6.64. The number of anilines is 1. The van der Waals surface area contributed by atoms with Gasteiger partial charge in [0.2, 0.25) is 0 Å². The van der Waals surface area contributed by atoms with Crippen LogP contribution in [0.1, 0.15) is 11.1 Å². The summed E-state index contributed by atoms with van der Waals surface area (Å²) in [5.74, 6) is 0.738. The molecule has 0 saturated carbocycles. The molecule has 2 aromatic heterocycles. The summed E-state index contributed by atoms with van der Waals surface area (Å²) in [5, 5.41) is 4.63. The number of nitrogens with one attached hydrogen (secondary N) is 1. The van der Waals surface area contributed by atoms with Crippen molar-refractivity contribution in [3.63, 3.8) is 0 Å². The van der Waals surface area contributed by atoms with E-state index < -0.39 is 0 Å². The zero-order chi connectivity index (χ0) is 17.6. The Morgan fingerprint density at radius 1 is 0.808 bits per heavy atom. The Kier molecular flexibility index (Phi) is 4.52. The Labute approximate surface area is 151 Å². The molecule has 0 unspecified atom stereocenters. The van der Waals surface area contributed by atoms with Gasteiger partial charge in [-0.05, 0) is 36.4 Å². The van der Waals surface area contributed by atoms with Crippen molar-refractivity contribution in [3.8, 4) is 11.3 Å². The molecule has 1 N–H and O–H groups in total. The molecule has 0 radical (unpaired) electrons. The predicted molar refractivity (Wildman–Crippen MR) is 102 cm³/mol. The second-order valence-electron chi connectivity index (χ2n) is 5.62. The Balaban J connectivity index is 1.61. The molecule has 0 spiro atoms. The van der Waals surface area contributed by atoms with Gasteiger partial charge in [0.15, 0.2) is 12.2 Å². The second-order valence-corrected chi connectivity index (χ2v) is 5.62.